The zero-order valence-corrected chi connectivity index (χ0v) is 12.8. The van der Waals surface area contributed by atoms with Gasteiger partial charge >= 0.3 is 0 Å². The summed E-state index contributed by atoms with van der Waals surface area (Å²) in [5.41, 5.74) is 5.70. The third-order valence-electron chi connectivity index (χ3n) is 3.68. The Labute approximate surface area is 121 Å². The topological polar surface area (TPSA) is 38.0 Å². The Balaban J connectivity index is 2.41. The largest absolute Gasteiger partial charge is 0.389 e. The molecule has 1 unspecified atom stereocenters. The second-order valence-corrected chi connectivity index (χ2v) is 5.34. The minimum Gasteiger partial charge on any atom is -0.389 e. The van der Waals surface area contributed by atoms with Crippen molar-refractivity contribution in [1.82, 2.24) is 9.78 Å². The number of hydrogen-bond donors (Lipinski definition) is 1. The molecule has 3 nitrogen and oxygen atoms in total. The molecule has 1 aromatic heterocycles. The number of aliphatic hydroxyl groups is 1. The third kappa shape index (κ3) is 2.93. The van der Waals surface area contributed by atoms with Gasteiger partial charge in [0.1, 0.15) is 0 Å². The number of rotatable bonds is 5. The van der Waals surface area contributed by atoms with E-state index in [2.05, 4.69) is 49.7 Å². The second-order valence-electron chi connectivity index (χ2n) is 5.34. The van der Waals surface area contributed by atoms with E-state index in [1.807, 2.05) is 6.92 Å². The van der Waals surface area contributed by atoms with Crippen molar-refractivity contribution < 1.29 is 5.11 Å². The highest BCUT2D eigenvalue weighted by Crippen LogP contribution is 2.24. The monoisotopic (exact) mass is 272 g/mol. The van der Waals surface area contributed by atoms with E-state index >= 15 is 0 Å². The lowest BCUT2D eigenvalue weighted by Crippen LogP contribution is -2.07. The summed E-state index contributed by atoms with van der Waals surface area (Å²) < 4.78 is 2.05. The highest BCUT2D eigenvalue weighted by molar-refractivity contribution is 5.30. The number of aromatic nitrogens is 2. The van der Waals surface area contributed by atoms with Gasteiger partial charge in [-0.3, -0.25) is 4.68 Å². The van der Waals surface area contributed by atoms with Crippen LogP contribution in [0.4, 0.5) is 0 Å². The molecule has 0 aliphatic rings. The lowest BCUT2D eigenvalue weighted by atomic mass is 10.0. The summed E-state index contributed by atoms with van der Waals surface area (Å²) in [5, 5.41) is 14.7. The molecule has 2 rings (SSSR count). The predicted molar refractivity (Wildman–Crippen MR) is 81.9 cm³/mol. The van der Waals surface area contributed by atoms with E-state index in [1.165, 1.54) is 11.1 Å². The molecule has 0 bridgehead atoms. The van der Waals surface area contributed by atoms with E-state index in [1.54, 1.807) is 0 Å². The standard InChI is InChI=1S/C17H24N2O/c1-5-15-17(13(4)20)16(6-2)19(18-15)11-14-9-7-8-12(3)10-14/h7-10,13,20H,5-6,11H2,1-4H3. The summed E-state index contributed by atoms with van der Waals surface area (Å²) in [5.74, 6) is 0. The van der Waals surface area contributed by atoms with Gasteiger partial charge in [0.2, 0.25) is 0 Å². The second kappa shape index (κ2) is 6.23. The summed E-state index contributed by atoms with van der Waals surface area (Å²) in [7, 11) is 0. The molecule has 0 fully saturated rings. The fourth-order valence-electron chi connectivity index (χ4n) is 2.80. The third-order valence-corrected chi connectivity index (χ3v) is 3.68. The molecule has 1 N–H and O–H groups in total. The summed E-state index contributed by atoms with van der Waals surface area (Å²) in [6, 6.07) is 8.50. The van der Waals surface area contributed by atoms with Crippen LogP contribution >= 0.6 is 0 Å². The molecule has 2 aromatic rings. The van der Waals surface area contributed by atoms with Gasteiger partial charge < -0.3 is 5.11 Å². The number of aliphatic hydroxyl groups excluding tert-OH is 1. The van der Waals surface area contributed by atoms with E-state index in [0.29, 0.717) is 0 Å². The summed E-state index contributed by atoms with van der Waals surface area (Å²) in [4.78, 5) is 0. The van der Waals surface area contributed by atoms with Crippen LogP contribution in [0.2, 0.25) is 0 Å². The Morgan fingerprint density at radius 2 is 2.00 bits per heavy atom. The van der Waals surface area contributed by atoms with E-state index < -0.39 is 6.10 Å². The van der Waals surface area contributed by atoms with E-state index in [4.69, 9.17) is 5.10 Å². The molecule has 0 aliphatic carbocycles. The van der Waals surface area contributed by atoms with Crippen LogP contribution in [0, 0.1) is 6.92 Å². The molecule has 108 valence electrons. The molecule has 20 heavy (non-hydrogen) atoms. The fraction of sp³-hybridized carbons (Fsp3) is 0.471. The number of aryl methyl sites for hydroxylation is 2. The lowest BCUT2D eigenvalue weighted by molar-refractivity contribution is 0.197. The average Bonchev–Trinajstić information content (AvgIpc) is 2.76. The van der Waals surface area contributed by atoms with Crippen molar-refractivity contribution in [3.63, 3.8) is 0 Å². The summed E-state index contributed by atoms with van der Waals surface area (Å²) in [6.07, 6.45) is 1.29. The fourth-order valence-corrected chi connectivity index (χ4v) is 2.80. The van der Waals surface area contributed by atoms with Crippen LogP contribution < -0.4 is 0 Å². The normalized spacial score (nSPS) is 12.7. The van der Waals surface area contributed by atoms with Crippen LogP contribution in [0.3, 0.4) is 0 Å². The molecule has 1 atom stereocenters. The molecule has 1 aromatic carbocycles. The van der Waals surface area contributed by atoms with Gasteiger partial charge in [-0.05, 0) is 32.3 Å². The molecule has 0 aliphatic heterocycles. The Hall–Kier alpha value is -1.61. The molecular formula is C17H24N2O. The van der Waals surface area contributed by atoms with Crippen molar-refractivity contribution in [2.24, 2.45) is 0 Å². The molecule has 1 heterocycles. The Bertz CT molecular complexity index is 585. The molecule has 0 saturated heterocycles. The lowest BCUT2D eigenvalue weighted by Gasteiger charge is -2.10. The first-order valence-corrected chi connectivity index (χ1v) is 7.38. The summed E-state index contributed by atoms with van der Waals surface area (Å²) >= 11 is 0. The number of nitrogens with zero attached hydrogens (tertiary/aromatic N) is 2. The van der Waals surface area contributed by atoms with E-state index in [9.17, 15) is 5.11 Å². The van der Waals surface area contributed by atoms with Crippen LogP contribution in [0.25, 0.3) is 0 Å². The molecule has 3 heteroatoms. The first kappa shape index (κ1) is 14.8. The number of hydrogen-bond acceptors (Lipinski definition) is 2. The quantitative estimate of drug-likeness (QED) is 0.905. The Morgan fingerprint density at radius 3 is 2.55 bits per heavy atom. The van der Waals surface area contributed by atoms with Gasteiger partial charge in [-0.2, -0.15) is 5.10 Å². The maximum Gasteiger partial charge on any atom is 0.0798 e. The van der Waals surface area contributed by atoms with Gasteiger partial charge in [0.25, 0.3) is 0 Å². The Kier molecular flexibility index (Phi) is 4.61. The van der Waals surface area contributed by atoms with Gasteiger partial charge in [-0.1, -0.05) is 43.7 Å². The molecule has 0 saturated carbocycles. The van der Waals surface area contributed by atoms with E-state index in [-0.39, 0.29) is 0 Å². The van der Waals surface area contributed by atoms with Crippen LogP contribution in [0.5, 0.6) is 0 Å². The minimum atomic E-state index is -0.453. The van der Waals surface area contributed by atoms with Crippen molar-refractivity contribution in [2.75, 3.05) is 0 Å². The van der Waals surface area contributed by atoms with Crippen LogP contribution in [-0.4, -0.2) is 14.9 Å². The smallest absolute Gasteiger partial charge is 0.0798 e. The van der Waals surface area contributed by atoms with Crippen molar-refractivity contribution in [1.29, 1.82) is 0 Å². The average molecular weight is 272 g/mol. The molecule has 0 radical (unpaired) electrons. The highest BCUT2D eigenvalue weighted by atomic mass is 16.3. The maximum absolute atomic E-state index is 10.0. The zero-order valence-electron chi connectivity index (χ0n) is 12.8. The minimum absolute atomic E-state index is 0.453. The van der Waals surface area contributed by atoms with Crippen molar-refractivity contribution in [3.8, 4) is 0 Å². The van der Waals surface area contributed by atoms with Crippen LogP contribution in [-0.2, 0) is 19.4 Å². The highest BCUT2D eigenvalue weighted by Gasteiger charge is 2.19. The predicted octanol–water partition coefficient (Wildman–Crippen LogP) is 3.42. The SMILES string of the molecule is CCc1nn(Cc2cccc(C)c2)c(CC)c1C(C)O. The molecule has 0 spiro atoms. The van der Waals surface area contributed by atoms with E-state index in [0.717, 1.165) is 36.3 Å². The van der Waals surface area contributed by atoms with Crippen LogP contribution in [0.15, 0.2) is 24.3 Å². The van der Waals surface area contributed by atoms with Crippen molar-refractivity contribution in [3.05, 3.63) is 52.3 Å². The van der Waals surface area contributed by atoms with Crippen molar-refractivity contribution >= 4 is 0 Å². The number of benzene rings is 1. The van der Waals surface area contributed by atoms with Gasteiger partial charge in [-0.15, -0.1) is 0 Å². The van der Waals surface area contributed by atoms with Gasteiger partial charge in [0.05, 0.1) is 18.3 Å². The molecular weight excluding hydrogens is 248 g/mol. The Morgan fingerprint density at radius 1 is 1.25 bits per heavy atom. The first-order chi connectivity index (χ1) is 9.56. The maximum atomic E-state index is 10.0. The first-order valence-electron chi connectivity index (χ1n) is 7.38. The van der Waals surface area contributed by atoms with Gasteiger partial charge in [0, 0.05) is 11.3 Å². The van der Waals surface area contributed by atoms with Gasteiger partial charge in [-0.25, -0.2) is 0 Å². The van der Waals surface area contributed by atoms with Gasteiger partial charge in [0.15, 0.2) is 0 Å². The summed E-state index contributed by atoms with van der Waals surface area (Å²) in [6.45, 7) is 8.91. The zero-order chi connectivity index (χ0) is 14.7. The molecule has 0 amide bonds. The van der Waals surface area contributed by atoms with Crippen molar-refractivity contribution in [2.45, 2.75) is 53.2 Å². The van der Waals surface area contributed by atoms with Crippen LogP contribution in [0.1, 0.15) is 55.0 Å².